The molecule has 1 fully saturated rings. The minimum absolute atomic E-state index is 0.134. The number of carbonyl (C=O) groups excluding carboxylic acids is 5. The standard InChI is InChI=1S/C32H51N5O7/c1-20-15-24(38)16-21(2)25(20)18-26(33)32(43)36-22(3)31(42)35-19-28(39)37(14-10-6-9-13-29(40)44-4)27(30(34)41)17-23-11-7-5-8-12-23/h15-16,22-23,26-27,38H,5-14,17-19,33H2,1-4H3,(H2,34,41)(H,35,42)(H,36,43)/t22-,26+,27+/m1/s1. The number of phenols is 1. The van der Waals surface area contributed by atoms with Gasteiger partial charge in [0.25, 0.3) is 0 Å². The molecule has 1 saturated carbocycles. The Morgan fingerprint density at radius 3 is 2.25 bits per heavy atom. The van der Waals surface area contributed by atoms with Crippen LogP contribution in [0.1, 0.15) is 87.8 Å². The van der Waals surface area contributed by atoms with Crippen LogP contribution in [-0.4, -0.2) is 77.9 Å². The molecule has 0 bridgehead atoms. The van der Waals surface area contributed by atoms with Gasteiger partial charge in [-0.05, 0) is 81.2 Å². The summed E-state index contributed by atoms with van der Waals surface area (Å²) in [7, 11) is 1.33. The van der Waals surface area contributed by atoms with E-state index in [1.807, 2.05) is 13.8 Å². The number of nitrogens with one attached hydrogen (secondary N) is 2. The van der Waals surface area contributed by atoms with Crippen molar-refractivity contribution in [3.63, 3.8) is 0 Å². The zero-order valence-electron chi connectivity index (χ0n) is 26.7. The third-order valence-corrected chi connectivity index (χ3v) is 8.42. The molecule has 4 amide bonds. The predicted octanol–water partition coefficient (Wildman–Crippen LogP) is 1.89. The van der Waals surface area contributed by atoms with Crippen LogP contribution in [0.2, 0.25) is 0 Å². The largest absolute Gasteiger partial charge is 0.508 e. The van der Waals surface area contributed by atoms with Gasteiger partial charge in [-0.2, -0.15) is 0 Å². The molecule has 0 spiro atoms. The fourth-order valence-electron chi connectivity index (χ4n) is 5.83. The Kier molecular flexibility index (Phi) is 15.1. The molecule has 1 aliphatic rings. The lowest BCUT2D eigenvalue weighted by Crippen LogP contribution is -2.54. The molecule has 44 heavy (non-hydrogen) atoms. The molecule has 0 heterocycles. The fourth-order valence-corrected chi connectivity index (χ4v) is 5.83. The van der Waals surface area contributed by atoms with Crippen LogP contribution < -0.4 is 22.1 Å². The number of nitrogens with zero attached hydrogens (tertiary/aromatic N) is 1. The van der Waals surface area contributed by atoms with Crippen molar-refractivity contribution in [2.75, 3.05) is 20.2 Å². The summed E-state index contributed by atoms with van der Waals surface area (Å²) < 4.78 is 4.67. The Bertz CT molecular complexity index is 1130. The van der Waals surface area contributed by atoms with E-state index < -0.39 is 41.8 Å². The second-order valence-corrected chi connectivity index (χ2v) is 11.9. The zero-order chi connectivity index (χ0) is 32.8. The molecule has 1 aliphatic carbocycles. The van der Waals surface area contributed by atoms with E-state index in [9.17, 15) is 29.1 Å². The second kappa shape index (κ2) is 18.2. The van der Waals surface area contributed by atoms with Gasteiger partial charge in [-0.3, -0.25) is 24.0 Å². The molecule has 12 heteroatoms. The highest BCUT2D eigenvalue weighted by Crippen LogP contribution is 2.29. The summed E-state index contributed by atoms with van der Waals surface area (Å²) in [6, 6.07) is 0.502. The molecule has 0 unspecified atom stereocenters. The molecule has 0 aliphatic heterocycles. The summed E-state index contributed by atoms with van der Waals surface area (Å²) in [5, 5.41) is 14.9. The van der Waals surface area contributed by atoms with Crippen molar-refractivity contribution in [3.8, 4) is 5.75 Å². The highest BCUT2D eigenvalue weighted by atomic mass is 16.5. The predicted molar refractivity (Wildman–Crippen MR) is 166 cm³/mol. The van der Waals surface area contributed by atoms with Crippen LogP contribution in [0.25, 0.3) is 0 Å². The first-order chi connectivity index (χ1) is 20.8. The van der Waals surface area contributed by atoms with Crippen LogP contribution in [0.3, 0.4) is 0 Å². The Hall–Kier alpha value is -3.67. The minimum atomic E-state index is -0.968. The van der Waals surface area contributed by atoms with Crippen molar-refractivity contribution >= 4 is 29.6 Å². The van der Waals surface area contributed by atoms with Gasteiger partial charge in [0.15, 0.2) is 0 Å². The Morgan fingerprint density at radius 2 is 1.66 bits per heavy atom. The lowest BCUT2D eigenvalue weighted by molar-refractivity contribution is -0.141. The zero-order valence-corrected chi connectivity index (χ0v) is 26.7. The van der Waals surface area contributed by atoms with E-state index in [4.69, 9.17) is 11.5 Å². The van der Waals surface area contributed by atoms with E-state index >= 15 is 0 Å². The number of esters is 1. The number of aryl methyl sites for hydroxylation is 2. The SMILES string of the molecule is COC(=O)CCCCCN(C(=O)CNC(=O)[C@@H](C)NC(=O)[C@@H](N)Cc1c(C)cc(O)cc1C)[C@@H](CC1CCCCC1)C(N)=O. The van der Waals surface area contributed by atoms with Crippen LogP contribution in [0, 0.1) is 19.8 Å². The van der Waals surface area contributed by atoms with Crippen LogP contribution in [-0.2, 0) is 35.1 Å². The van der Waals surface area contributed by atoms with Gasteiger partial charge in [0.05, 0.1) is 19.7 Å². The Balaban J connectivity index is 1.99. The smallest absolute Gasteiger partial charge is 0.305 e. The van der Waals surface area contributed by atoms with Crippen molar-refractivity contribution < 1.29 is 33.8 Å². The number of phenolic OH excluding ortho intramolecular Hbond substituents is 1. The number of rotatable bonds is 17. The number of hydrogen-bond acceptors (Lipinski definition) is 8. The number of hydrogen-bond donors (Lipinski definition) is 5. The molecule has 1 aromatic carbocycles. The monoisotopic (exact) mass is 617 g/mol. The Labute approximate surface area is 260 Å². The molecule has 0 saturated heterocycles. The molecule has 1 aromatic rings. The third-order valence-electron chi connectivity index (χ3n) is 8.42. The van der Waals surface area contributed by atoms with E-state index in [2.05, 4.69) is 15.4 Å². The molecule has 0 aromatic heterocycles. The lowest BCUT2D eigenvalue weighted by atomic mass is 9.84. The third kappa shape index (κ3) is 11.8. The maximum Gasteiger partial charge on any atom is 0.305 e. The van der Waals surface area contributed by atoms with Crippen LogP contribution in [0.15, 0.2) is 12.1 Å². The molecule has 2 rings (SSSR count). The highest BCUT2D eigenvalue weighted by molar-refractivity contribution is 5.93. The second-order valence-electron chi connectivity index (χ2n) is 11.9. The van der Waals surface area contributed by atoms with Gasteiger partial charge < -0.3 is 36.8 Å². The average Bonchev–Trinajstić information content (AvgIpc) is 2.98. The van der Waals surface area contributed by atoms with Gasteiger partial charge in [-0.15, -0.1) is 0 Å². The van der Waals surface area contributed by atoms with E-state index in [1.165, 1.54) is 18.9 Å². The van der Waals surface area contributed by atoms with Gasteiger partial charge in [0.1, 0.15) is 17.8 Å². The number of carbonyl (C=O) groups is 5. The number of nitrogens with two attached hydrogens (primary N) is 2. The minimum Gasteiger partial charge on any atom is -0.508 e. The summed E-state index contributed by atoms with van der Waals surface area (Å²) in [5.41, 5.74) is 14.4. The van der Waals surface area contributed by atoms with Crippen molar-refractivity contribution in [1.29, 1.82) is 0 Å². The first-order valence-corrected chi connectivity index (χ1v) is 15.6. The van der Waals surface area contributed by atoms with Crippen molar-refractivity contribution in [1.82, 2.24) is 15.5 Å². The van der Waals surface area contributed by atoms with Gasteiger partial charge in [-0.25, -0.2) is 0 Å². The first-order valence-electron chi connectivity index (χ1n) is 15.6. The van der Waals surface area contributed by atoms with Crippen molar-refractivity contribution in [2.45, 2.75) is 110 Å². The number of ether oxygens (including phenoxy) is 1. The molecule has 7 N–H and O–H groups in total. The van der Waals surface area contributed by atoms with Gasteiger partial charge in [0, 0.05) is 13.0 Å². The summed E-state index contributed by atoms with van der Waals surface area (Å²) in [6.07, 6.45) is 8.01. The number of benzene rings is 1. The van der Waals surface area contributed by atoms with Gasteiger partial charge >= 0.3 is 5.97 Å². The molecule has 12 nitrogen and oxygen atoms in total. The summed E-state index contributed by atoms with van der Waals surface area (Å²) in [6.45, 7) is 5.03. The maximum absolute atomic E-state index is 13.4. The number of amides is 4. The van der Waals surface area contributed by atoms with E-state index in [-0.39, 0.29) is 37.6 Å². The average molecular weight is 618 g/mol. The number of aromatic hydroxyl groups is 1. The lowest BCUT2D eigenvalue weighted by Gasteiger charge is -2.33. The van der Waals surface area contributed by atoms with E-state index in [0.29, 0.717) is 31.6 Å². The van der Waals surface area contributed by atoms with Gasteiger partial charge in [0.2, 0.25) is 23.6 Å². The van der Waals surface area contributed by atoms with Crippen LogP contribution >= 0.6 is 0 Å². The normalized spacial score (nSPS) is 15.5. The molecule has 0 radical (unpaired) electrons. The quantitative estimate of drug-likeness (QED) is 0.129. The van der Waals surface area contributed by atoms with Crippen molar-refractivity contribution in [3.05, 3.63) is 28.8 Å². The first kappa shape index (κ1) is 36.5. The topological polar surface area (TPSA) is 194 Å². The summed E-state index contributed by atoms with van der Waals surface area (Å²) >= 11 is 0. The van der Waals surface area contributed by atoms with Crippen LogP contribution in [0.5, 0.6) is 5.75 Å². The maximum atomic E-state index is 13.4. The number of primary amides is 1. The van der Waals surface area contributed by atoms with Gasteiger partial charge in [-0.1, -0.05) is 38.5 Å². The molecular formula is C32H51N5O7. The summed E-state index contributed by atoms with van der Waals surface area (Å²) in [5.74, 6) is -2.01. The van der Waals surface area contributed by atoms with Crippen LogP contribution in [0.4, 0.5) is 0 Å². The Morgan fingerprint density at radius 1 is 1.02 bits per heavy atom. The number of methoxy groups -OCH3 is 1. The molecular weight excluding hydrogens is 566 g/mol. The summed E-state index contributed by atoms with van der Waals surface area (Å²) in [4.78, 5) is 64.5. The molecule has 3 atom stereocenters. The van der Waals surface area contributed by atoms with E-state index in [0.717, 1.165) is 48.8 Å². The van der Waals surface area contributed by atoms with Crippen molar-refractivity contribution in [2.24, 2.45) is 17.4 Å². The molecule has 246 valence electrons. The number of unbranched alkanes of at least 4 members (excludes halogenated alkanes) is 2. The highest BCUT2D eigenvalue weighted by Gasteiger charge is 2.31. The fraction of sp³-hybridized carbons (Fsp3) is 0.656. The van der Waals surface area contributed by atoms with E-state index in [1.54, 1.807) is 12.1 Å².